The van der Waals surface area contributed by atoms with Crippen LogP contribution in [0.4, 0.5) is 5.95 Å². The number of rotatable bonds is 7. The maximum Gasteiger partial charge on any atom is 0.343 e. The number of aromatic nitrogens is 2. The minimum absolute atomic E-state index is 0.0752. The molecule has 9 nitrogen and oxygen atoms in total. The molecule has 0 radical (unpaired) electrons. The number of hydrogen-bond donors (Lipinski definition) is 2. The van der Waals surface area contributed by atoms with E-state index in [9.17, 15) is 14.9 Å². The summed E-state index contributed by atoms with van der Waals surface area (Å²) in [7, 11) is 1.55. The van der Waals surface area contributed by atoms with Crippen LogP contribution in [0.3, 0.4) is 0 Å². The number of anilines is 1. The predicted molar refractivity (Wildman–Crippen MR) is 131 cm³/mol. The van der Waals surface area contributed by atoms with Gasteiger partial charge in [-0.15, -0.1) is 0 Å². The summed E-state index contributed by atoms with van der Waals surface area (Å²) in [5, 5.41) is 13.5. The fraction of sp³-hybridized carbons (Fsp3) is 0.0385. The largest absolute Gasteiger partial charge is 0.497 e. The van der Waals surface area contributed by atoms with Crippen molar-refractivity contribution in [3.8, 4) is 28.8 Å². The highest BCUT2D eigenvalue weighted by Crippen LogP contribution is 2.20. The van der Waals surface area contributed by atoms with E-state index >= 15 is 0 Å². The van der Waals surface area contributed by atoms with Crippen molar-refractivity contribution in [2.75, 3.05) is 12.5 Å². The number of benzene rings is 3. The molecule has 3 aromatic carbocycles. The second-order valence-electron chi connectivity index (χ2n) is 7.18. The summed E-state index contributed by atoms with van der Waals surface area (Å²) in [6, 6.07) is 24.2. The molecule has 4 rings (SSSR count). The molecule has 0 saturated heterocycles. The van der Waals surface area contributed by atoms with Crippen molar-refractivity contribution >= 4 is 18.1 Å². The second kappa shape index (κ2) is 10.6. The Morgan fingerprint density at radius 2 is 1.83 bits per heavy atom. The first-order valence-electron chi connectivity index (χ1n) is 10.4. The van der Waals surface area contributed by atoms with Gasteiger partial charge in [0.15, 0.2) is 0 Å². The van der Waals surface area contributed by atoms with Crippen LogP contribution in [-0.2, 0) is 0 Å². The van der Waals surface area contributed by atoms with Gasteiger partial charge in [-0.1, -0.05) is 42.5 Å². The average molecular weight is 465 g/mol. The molecule has 0 aliphatic carbocycles. The lowest BCUT2D eigenvalue weighted by molar-refractivity contribution is 0.0734. The lowest BCUT2D eigenvalue weighted by Crippen LogP contribution is -2.16. The SMILES string of the molecule is COc1ccc(C(=O)Oc2cccc(C=NNc3nc(-c4ccccc4)c(C#N)c(=O)[nH]3)c2)cc1. The minimum Gasteiger partial charge on any atom is -0.497 e. The summed E-state index contributed by atoms with van der Waals surface area (Å²) in [4.78, 5) is 31.5. The molecule has 0 spiro atoms. The van der Waals surface area contributed by atoms with Crippen LogP contribution in [0.25, 0.3) is 11.3 Å². The Hall–Kier alpha value is -5.23. The zero-order valence-corrected chi connectivity index (χ0v) is 18.6. The number of carbonyl (C=O) groups is 1. The maximum absolute atomic E-state index is 12.4. The van der Waals surface area contributed by atoms with E-state index < -0.39 is 11.5 Å². The molecule has 0 saturated carbocycles. The smallest absolute Gasteiger partial charge is 0.343 e. The highest BCUT2D eigenvalue weighted by atomic mass is 16.5. The topological polar surface area (TPSA) is 129 Å². The van der Waals surface area contributed by atoms with E-state index in [4.69, 9.17) is 9.47 Å². The van der Waals surface area contributed by atoms with Gasteiger partial charge in [0.2, 0.25) is 5.95 Å². The number of nitriles is 1. The second-order valence-corrected chi connectivity index (χ2v) is 7.18. The van der Waals surface area contributed by atoms with Crippen molar-refractivity contribution in [3.05, 3.63) is 106 Å². The molecule has 4 aromatic rings. The first-order chi connectivity index (χ1) is 17.1. The number of methoxy groups -OCH3 is 1. The van der Waals surface area contributed by atoms with Gasteiger partial charge in [-0.25, -0.2) is 15.2 Å². The summed E-state index contributed by atoms with van der Waals surface area (Å²) in [5.74, 6) is 0.547. The molecule has 1 heterocycles. The van der Waals surface area contributed by atoms with Crippen LogP contribution in [0.15, 0.2) is 88.8 Å². The van der Waals surface area contributed by atoms with Crippen molar-refractivity contribution in [1.82, 2.24) is 9.97 Å². The van der Waals surface area contributed by atoms with Crippen LogP contribution in [0, 0.1) is 11.3 Å². The van der Waals surface area contributed by atoms with Crippen molar-refractivity contribution in [3.63, 3.8) is 0 Å². The van der Waals surface area contributed by atoms with Crippen LogP contribution < -0.4 is 20.5 Å². The minimum atomic E-state index is -0.577. The van der Waals surface area contributed by atoms with Crippen LogP contribution in [0.2, 0.25) is 0 Å². The average Bonchev–Trinajstić information content (AvgIpc) is 2.89. The summed E-state index contributed by atoms with van der Waals surface area (Å²) in [5.41, 5.74) is 3.91. The van der Waals surface area contributed by atoms with Crippen molar-refractivity contribution in [2.45, 2.75) is 0 Å². The van der Waals surface area contributed by atoms with E-state index in [2.05, 4.69) is 20.5 Å². The van der Waals surface area contributed by atoms with Gasteiger partial charge in [-0.05, 0) is 42.0 Å². The van der Waals surface area contributed by atoms with Crippen LogP contribution >= 0.6 is 0 Å². The first kappa shape index (κ1) is 22.9. The summed E-state index contributed by atoms with van der Waals surface area (Å²) < 4.78 is 10.5. The number of aromatic amines is 1. The van der Waals surface area contributed by atoms with Crippen molar-refractivity contribution in [1.29, 1.82) is 5.26 Å². The number of hydrogen-bond acceptors (Lipinski definition) is 8. The van der Waals surface area contributed by atoms with Gasteiger partial charge >= 0.3 is 5.97 Å². The molecule has 0 atom stereocenters. The summed E-state index contributed by atoms with van der Waals surface area (Å²) >= 11 is 0. The van der Waals surface area contributed by atoms with E-state index in [0.717, 1.165) is 0 Å². The van der Waals surface area contributed by atoms with Gasteiger partial charge < -0.3 is 9.47 Å². The van der Waals surface area contributed by atoms with Gasteiger partial charge in [0.05, 0.1) is 24.6 Å². The normalized spacial score (nSPS) is 10.5. The molecule has 2 N–H and O–H groups in total. The number of hydrazone groups is 1. The molecule has 0 bridgehead atoms. The Morgan fingerprint density at radius 3 is 2.54 bits per heavy atom. The Morgan fingerprint density at radius 1 is 1.06 bits per heavy atom. The Bertz CT molecular complexity index is 1470. The standard InChI is InChI=1S/C26H19N5O4/c1-34-20-12-10-19(11-13-20)25(33)35-21-9-5-6-17(14-21)16-28-31-26-29-23(18-7-3-2-4-8-18)22(15-27)24(32)30-26/h2-14,16H,1H3,(H2,29,30,31,32). The monoisotopic (exact) mass is 465 g/mol. The Kier molecular flexibility index (Phi) is 6.94. The van der Waals surface area contributed by atoms with E-state index in [0.29, 0.717) is 28.2 Å². The van der Waals surface area contributed by atoms with E-state index in [1.54, 1.807) is 79.9 Å². The fourth-order valence-corrected chi connectivity index (χ4v) is 3.15. The number of ether oxygens (including phenoxy) is 2. The lowest BCUT2D eigenvalue weighted by Gasteiger charge is -2.07. The first-order valence-corrected chi connectivity index (χ1v) is 10.4. The molecular weight excluding hydrogens is 446 g/mol. The number of nitrogens with one attached hydrogen (secondary N) is 2. The molecule has 0 unspecified atom stereocenters. The zero-order chi connectivity index (χ0) is 24.6. The van der Waals surface area contributed by atoms with Gasteiger partial charge in [0.1, 0.15) is 23.1 Å². The Labute approximate surface area is 200 Å². The van der Waals surface area contributed by atoms with Gasteiger partial charge in [-0.3, -0.25) is 9.78 Å². The van der Waals surface area contributed by atoms with E-state index in [1.165, 1.54) is 6.21 Å². The van der Waals surface area contributed by atoms with Crippen molar-refractivity contribution < 1.29 is 14.3 Å². The van der Waals surface area contributed by atoms with Crippen LogP contribution in [0.1, 0.15) is 21.5 Å². The van der Waals surface area contributed by atoms with E-state index in [1.807, 2.05) is 12.1 Å². The molecule has 0 aliphatic heterocycles. The maximum atomic E-state index is 12.4. The van der Waals surface area contributed by atoms with Gasteiger partial charge in [0, 0.05) is 5.56 Å². The Balaban J connectivity index is 1.48. The molecule has 1 aromatic heterocycles. The van der Waals surface area contributed by atoms with E-state index in [-0.39, 0.29) is 17.2 Å². The third-order valence-electron chi connectivity index (χ3n) is 4.86. The molecule has 0 aliphatic rings. The summed E-state index contributed by atoms with van der Waals surface area (Å²) in [6.07, 6.45) is 1.48. The van der Waals surface area contributed by atoms with Crippen molar-refractivity contribution in [2.24, 2.45) is 5.10 Å². The zero-order valence-electron chi connectivity index (χ0n) is 18.6. The quantitative estimate of drug-likeness (QED) is 0.183. The third-order valence-corrected chi connectivity index (χ3v) is 4.86. The highest BCUT2D eigenvalue weighted by Gasteiger charge is 2.13. The van der Waals surface area contributed by atoms with Gasteiger partial charge in [-0.2, -0.15) is 10.4 Å². The van der Waals surface area contributed by atoms with Crippen LogP contribution in [-0.4, -0.2) is 29.3 Å². The predicted octanol–water partition coefficient (Wildman–Crippen LogP) is 3.98. The number of H-pyrrole nitrogens is 1. The summed E-state index contributed by atoms with van der Waals surface area (Å²) in [6.45, 7) is 0. The third kappa shape index (κ3) is 5.58. The number of esters is 1. The molecule has 0 fully saturated rings. The molecule has 172 valence electrons. The fourth-order valence-electron chi connectivity index (χ4n) is 3.15. The molecule has 0 amide bonds. The highest BCUT2D eigenvalue weighted by molar-refractivity contribution is 5.91. The molecule has 9 heteroatoms. The number of nitrogens with zero attached hydrogens (tertiary/aromatic N) is 3. The van der Waals surface area contributed by atoms with Gasteiger partial charge in [0.25, 0.3) is 5.56 Å². The molecular formula is C26H19N5O4. The lowest BCUT2D eigenvalue weighted by atomic mass is 10.1. The molecule has 35 heavy (non-hydrogen) atoms. The van der Waals surface area contributed by atoms with Crippen LogP contribution in [0.5, 0.6) is 11.5 Å². The number of carbonyl (C=O) groups excluding carboxylic acids is 1.